The molecule has 3 heterocycles. The van der Waals surface area contributed by atoms with E-state index in [-0.39, 0.29) is 48.9 Å². The van der Waals surface area contributed by atoms with Gasteiger partial charge in [0.25, 0.3) is 11.8 Å². The zero-order valence-corrected chi connectivity index (χ0v) is 24.4. The highest BCUT2D eigenvalue weighted by molar-refractivity contribution is 6.06. The van der Waals surface area contributed by atoms with Crippen LogP contribution >= 0.6 is 0 Å². The summed E-state index contributed by atoms with van der Waals surface area (Å²) in [4.78, 5) is 43.0. The summed E-state index contributed by atoms with van der Waals surface area (Å²) in [7, 11) is 3.31. The Balaban J connectivity index is 1.67. The second-order valence-corrected chi connectivity index (χ2v) is 10.6. The van der Waals surface area contributed by atoms with Crippen LogP contribution in [0, 0.1) is 26.7 Å². The summed E-state index contributed by atoms with van der Waals surface area (Å²) in [6, 6.07) is 5.75. The van der Waals surface area contributed by atoms with Crippen LogP contribution in [0.2, 0.25) is 0 Å². The van der Waals surface area contributed by atoms with E-state index in [4.69, 9.17) is 9.26 Å². The Morgan fingerprint density at radius 2 is 1.98 bits per heavy atom. The van der Waals surface area contributed by atoms with E-state index in [1.165, 1.54) is 9.58 Å². The number of rotatable bonds is 7. The quantitative estimate of drug-likeness (QED) is 0.394. The predicted molar refractivity (Wildman–Crippen MR) is 151 cm³/mol. The molecule has 1 aromatic carbocycles. The van der Waals surface area contributed by atoms with Crippen molar-refractivity contribution >= 4 is 29.2 Å². The van der Waals surface area contributed by atoms with Crippen molar-refractivity contribution < 1.29 is 28.8 Å². The van der Waals surface area contributed by atoms with E-state index in [1.54, 1.807) is 71.0 Å². The highest BCUT2D eigenvalue weighted by Gasteiger charge is 2.35. The number of hydrogen-bond acceptors (Lipinski definition) is 8. The van der Waals surface area contributed by atoms with Crippen LogP contribution in [0.3, 0.4) is 0 Å². The lowest BCUT2D eigenvalue weighted by Gasteiger charge is -2.38. The summed E-state index contributed by atoms with van der Waals surface area (Å²) in [5, 5.41) is 23.7. The van der Waals surface area contributed by atoms with Crippen molar-refractivity contribution in [2.75, 3.05) is 37.4 Å². The molecule has 0 radical (unpaired) electrons. The van der Waals surface area contributed by atoms with Crippen LogP contribution in [0.25, 0.3) is 0 Å². The van der Waals surface area contributed by atoms with E-state index in [2.05, 4.69) is 20.9 Å². The van der Waals surface area contributed by atoms with E-state index in [0.29, 0.717) is 34.2 Å². The number of para-hydroxylation sites is 1. The molecule has 4 amide bonds. The molecule has 2 aromatic heterocycles. The molecule has 3 aromatic rings. The summed E-state index contributed by atoms with van der Waals surface area (Å²) in [6.07, 6.45) is -0.576. The molecule has 0 spiro atoms. The van der Waals surface area contributed by atoms with E-state index in [1.807, 2.05) is 6.92 Å². The minimum absolute atomic E-state index is 0.161. The van der Waals surface area contributed by atoms with Gasteiger partial charge < -0.3 is 34.8 Å². The number of aryl methyl sites for hydroxylation is 4. The maximum atomic E-state index is 13.7. The summed E-state index contributed by atoms with van der Waals surface area (Å²) >= 11 is 0. The number of hydrogen-bond donors (Lipinski definition) is 3. The number of ether oxygens (including phenoxy) is 1. The lowest BCUT2D eigenvalue weighted by atomic mass is 9.99. The van der Waals surface area contributed by atoms with Crippen LogP contribution in [0.1, 0.15) is 51.8 Å². The zero-order valence-electron chi connectivity index (χ0n) is 24.4. The Bertz CT molecular complexity index is 1430. The highest BCUT2D eigenvalue weighted by Crippen LogP contribution is 2.35. The second-order valence-electron chi connectivity index (χ2n) is 10.6. The fraction of sp³-hybridized carbons (Fsp3) is 0.464. The molecule has 0 aliphatic carbocycles. The number of nitrogens with one attached hydrogen (secondary N) is 2. The van der Waals surface area contributed by atoms with Gasteiger partial charge in [-0.05, 0) is 45.9 Å². The number of likely N-dealkylation sites (N-methyl/N-ethyl adjacent to an activating group) is 1. The Kier molecular flexibility index (Phi) is 8.66. The van der Waals surface area contributed by atoms with Crippen LogP contribution in [0.15, 0.2) is 28.8 Å². The molecule has 1 aliphatic heterocycles. The Labute approximate surface area is 238 Å². The van der Waals surface area contributed by atoms with Crippen molar-refractivity contribution in [3.63, 3.8) is 0 Å². The fourth-order valence-corrected chi connectivity index (χ4v) is 4.79. The van der Waals surface area contributed by atoms with Gasteiger partial charge in [0.2, 0.25) is 0 Å². The van der Waals surface area contributed by atoms with Gasteiger partial charge in [0.15, 0.2) is 11.5 Å². The fourth-order valence-electron chi connectivity index (χ4n) is 4.79. The lowest BCUT2D eigenvalue weighted by molar-refractivity contribution is 0.0372. The van der Waals surface area contributed by atoms with E-state index in [0.717, 1.165) is 0 Å². The van der Waals surface area contributed by atoms with Crippen molar-refractivity contribution in [1.82, 2.24) is 24.7 Å². The van der Waals surface area contributed by atoms with Gasteiger partial charge in [-0.15, -0.1) is 0 Å². The Morgan fingerprint density at radius 1 is 1.24 bits per heavy atom. The Hall–Kier alpha value is -4.39. The summed E-state index contributed by atoms with van der Waals surface area (Å²) in [6.45, 7) is 9.14. The minimum atomic E-state index is -0.576. The molecule has 3 N–H and O–H groups in total. The summed E-state index contributed by atoms with van der Waals surface area (Å²) in [5.41, 5.74) is 2.64. The zero-order chi connectivity index (χ0) is 30.0. The minimum Gasteiger partial charge on any atom is -0.485 e. The number of nitrogens with zero attached hydrogens (tertiary/aromatic N) is 5. The van der Waals surface area contributed by atoms with Crippen molar-refractivity contribution in [2.24, 2.45) is 13.0 Å². The molecule has 220 valence electrons. The number of amides is 4. The van der Waals surface area contributed by atoms with Crippen molar-refractivity contribution in [2.45, 2.75) is 46.8 Å². The largest absolute Gasteiger partial charge is 0.485 e. The monoisotopic (exact) mass is 567 g/mol. The number of aliphatic hydroxyl groups is 1. The number of aromatic nitrogens is 3. The van der Waals surface area contributed by atoms with Gasteiger partial charge in [0.1, 0.15) is 23.2 Å². The maximum absolute atomic E-state index is 13.7. The molecule has 4 rings (SSSR count). The van der Waals surface area contributed by atoms with Gasteiger partial charge in [-0.1, -0.05) is 18.1 Å². The number of carbonyl (C=O) groups is 3. The van der Waals surface area contributed by atoms with E-state index >= 15 is 0 Å². The second kappa shape index (κ2) is 12.0. The van der Waals surface area contributed by atoms with Gasteiger partial charge >= 0.3 is 6.03 Å². The van der Waals surface area contributed by atoms with Gasteiger partial charge in [-0.3, -0.25) is 14.3 Å². The third kappa shape index (κ3) is 6.19. The summed E-state index contributed by atoms with van der Waals surface area (Å²) < 4.78 is 13.1. The van der Waals surface area contributed by atoms with Crippen LogP contribution in [-0.4, -0.2) is 86.6 Å². The normalized spacial score (nSPS) is 17.7. The maximum Gasteiger partial charge on any atom is 0.321 e. The number of carbonyl (C=O) groups excluding carboxylic acids is 3. The number of urea groups is 1. The van der Waals surface area contributed by atoms with Crippen LogP contribution < -0.4 is 15.4 Å². The average Bonchev–Trinajstić information content (AvgIpc) is 3.44. The molecule has 13 nitrogen and oxygen atoms in total. The molecule has 41 heavy (non-hydrogen) atoms. The van der Waals surface area contributed by atoms with Crippen molar-refractivity contribution in [1.29, 1.82) is 0 Å². The Morgan fingerprint density at radius 3 is 2.59 bits per heavy atom. The average molecular weight is 568 g/mol. The van der Waals surface area contributed by atoms with Gasteiger partial charge in [-0.2, -0.15) is 5.10 Å². The number of anilines is 2. The van der Waals surface area contributed by atoms with Crippen molar-refractivity contribution in [3.05, 3.63) is 52.7 Å². The molecule has 0 bridgehead atoms. The number of aliphatic hydroxyl groups excluding tert-OH is 1. The molecule has 0 saturated heterocycles. The van der Waals surface area contributed by atoms with Crippen LogP contribution in [-0.2, 0) is 7.05 Å². The molecule has 0 fully saturated rings. The third-order valence-corrected chi connectivity index (χ3v) is 7.24. The molecular formula is C28H37N7O6. The predicted octanol–water partition coefficient (Wildman–Crippen LogP) is 2.97. The molecule has 13 heteroatoms. The summed E-state index contributed by atoms with van der Waals surface area (Å²) in [5.74, 6) is -0.315. The smallest absolute Gasteiger partial charge is 0.321 e. The SMILES string of the molecule is Cc1cc(C(=O)Nc2cccc3c2O[C@@H](CN(C)C(=O)Nc2c(C)noc2C)[C@H](C)CN([C@@H](C)CO)C3=O)n(C)n1. The lowest BCUT2D eigenvalue weighted by Crippen LogP contribution is -2.50. The molecule has 0 unspecified atom stereocenters. The first-order chi connectivity index (χ1) is 19.4. The number of fused-ring (bicyclic) bond motifs is 1. The van der Waals surface area contributed by atoms with Gasteiger partial charge in [-0.25, -0.2) is 4.79 Å². The highest BCUT2D eigenvalue weighted by atomic mass is 16.5. The van der Waals surface area contributed by atoms with E-state index < -0.39 is 18.1 Å². The first kappa shape index (κ1) is 29.6. The first-order valence-corrected chi connectivity index (χ1v) is 13.4. The first-order valence-electron chi connectivity index (χ1n) is 13.4. The van der Waals surface area contributed by atoms with Gasteiger partial charge in [0, 0.05) is 26.6 Å². The molecule has 1 aliphatic rings. The number of benzene rings is 1. The standard InChI is InChI=1S/C28H37N7O6/c1-15-12-35(17(3)14-36)27(38)20-9-8-10-21(29-26(37)22-11-16(2)31-34(22)7)25(20)40-23(15)13-33(6)28(39)30-24-18(4)32-41-19(24)5/h8-11,15,17,23,36H,12-14H2,1-7H3,(H,29,37)(H,30,39)/t15-,17+,23+/m1/s1. The topological polar surface area (TPSA) is 155 Å². The molecular weight excluding hydrogens is 530 g/mol. The van der Waals surface area contributed by atoms with Crippen molar-refractivity contribution in [3.8, 4) is 5.75 Å². The van der Waals surface area contributed by atoms with Crippen LogP contribution in [0.4, 0.5) is 16.2 Å². The third-order valence-electron chi connectivity index (χ3n) is 7.24. The van der Waals surface area contributed by atoms with E-state index in [9.17, 15) is 19.5 Å². The molecule has 3 atom stereocenters. The molecule has 0 saturated carbocycles. The van der Waals surface area contributed by atoms with Gasteiger partial charge in [0.05, 0.1) is 36.1 Å². The van der Waals surface area contributed by atoms with Crippen LogP contribution in [0.5, 0.6) is 5.75 Å².